The maximum absolute atomic E-state index is 11.6. The third-order valence-electron chi connectivity index (χ3n) is 1.62. The Morgan fingerprint density at radius 3 is 2.73 bits per heavy atom. The van der Waals surface area contributed by atoms with Crippen LogP contribution in [0.3, 0.4) is 0 Å². The van der Waals surface area contributed by atoms with Crippen LogP contribution in [-0.2, 0) is 0 Å². The number of carbonyl (C=O) groups is 1. The second-order valence-electron chi connectivity index (χ2n) is 3.34. The Bertz CT molecular complexity index is 367. The van der Waals surface area contributed by atoms with Crippen LogP contribution < -0.4 is 16.6 Å². The molecule has 6 heteroatoms. The zero-order chi connectivity index (χ0) is 11.4. The van der Waals surface area contributed by atoms with Gasteiger partial charge in [-0.1, -0.05) is 11.6 Å². The van der Waals surface area contributed by atoms with Gasteiger partial charge in [-0.3, -0.25) is 4.79 Å². The van der Waals surface area contributed by atoms with E-state index in [0.29, 0.717) is 11.4 Å². The van der Waals surface area contributed by atoms with Gasteiger partial charge >= 0.3 is 0 Å². The van der Waals surface area contributed by atoms with Crippen molar-refractivity contribution < 1.29 is 4.79 Å². The van der Waals surface area contributed by atoms with Crippen molar-refractivity contribution in [3.63, 3.8) is 0 Å². The molecule has 0 aromatic carbocycles. The zero-order valence-corrected chi connectivity index (χ0v) is 9.30. The highest BCUT2D eigenvalue weighted by molar-refractivity contribution is 6.29. The van der Waals surface area contributed by atoms with Gasteiger partial charge in [0.2, 0.25) is 0 Å². The lowest BCUT2D eigenvalue weighted by molar-refractivity contribution is 0.0943. The van der Waals surface area contributed by atoms with Crippen molar-refractivity contribution in [3.05, 3.63) is 22.8 Å². The van der Waals surface area contributed by atoms with E-state index in [9.17, 15) is 4.79 Å². The lowest BCUT2D eigenvalue weighted by Crippen LogP contribution is -2.30. The molecular weight excluding hydrogens is 216 g/mol. The molecule has 5 nitrogen and oxygen atoms in total. The van der Waals surface area contributed by atoms with Crippen molar-refractivity contribution in [2.24, 2.45) is 5.84 Å². The minimum Gasteiger partial charge on any atom is -0.350 e. The summed E-state index contributed by atoms with van der Waals surface area (Å²) < 4.78 is 0. The van der Waals surface area contributed by atoms with E-state index in [1.165, 1.54) is 12.1 Å². The zero-order valence-electron chi connectivity index (χ0n) is 8.54. The van der Waals surface area contributed by atoms with E-state index in [1.807, 2.05) is 13.8 Å². The molecule has 4 N–H and O–H groups in total. The van der Waals surface area contributed by atoms with Crippen molar-refractivity contribution in [3.8, 4) is 0 Å². The van der Waals surface area contributed by atoms with Crippen LogP contribution in [0.1, 0.15) is 24.2 Å². The van der Waals surface area contributed by atoms with Gasteiger partial charge in [0.15, 0.2) is 0 Å². The van der Waals surface area contributed by atoms with E-state index >= 15 is 0 Å². The predicted octanol–water partition coefficient (Wildman–Crippen LogP) is 1.16. The molecule has 0 saturated carbocycles. The lowest BCUT2D eigenvalue weighted by Gasteiger charge is -2.09. The number of anilines is 1. The number of rotatable bonds is 3. The highest BCUT2D eigenvalue weighted by Crippen LogP contribution is 2.13. The summed E-state index contributed by atoms with van der Waals surface area (Å²) in [6.07, 6.45) is 0. The number of amides is 1. The summed E-state index contributed by atoms with van der Waals surface area (Å²) in [5.74, 6) is 5.34. The fourth-order valence-corrected chi connectivity index (χ4v) is 1.26. The summed E-state index contributed by atoms with van der Waals surface area (Å²) in [6, 6.07) is 3.09. The Kier molecular flexibility index (Phi) is 3.88. The number of nitrogens with two attached hydrogens (primary N) is 1. The minimum absolute atomic E-state index is 0.0683. The predicted molar refractivity (Wildman–Crippen MR) is 59.7 cm³/mol. The van der Waals surface area contributed by atoms with Crippen molar-refractivity contribution in [2.45, 2.75) is 19.9 Å². The quantitative estimate of drug-likeness (QED) is 0.412. The number of nitrogen functional groups attached to an aromatic ring is 1. The molecule has 0 aliphatic heterocycles. The summed E-state index contributed by atoms with van der Waals surface area (Å²) >= 11 is 5.72. The largest absolute Gasteiger partial charge is 0.350 e. The molecule has 1 rings (SSSR count). The van der Waals surface area contributed by atoms with Gasteiger partial charge in [-0.25, -0.2) is 10.8 Å². The number of aromatic nitrogens is 1. The molecule has 0 fully saturated rings. The number of halogens is 1. The van der Waals surface area contributed by atoms with Gasteiger partial charge < -0.3 is 10.7 Å². The SMILES string of the molecule is CC(C)NC(=O)c1cc(Cl)nc(NN)c1. The van der Waals surface area contributed by atoms with Crippen molar-refractivity contribution in [1.29, 1.82) is 0 Å². The van der Waals surface area contributed by atoms with Crippen LogP contribution in [0.4, 0.5) is 5.82 Å². The first kappa shape index (κ1) is 11.7. The molecule has 1 aromatic rings. The van der Waals surface area contributed by atoms with Crippen LogP contribution in [0.25, 0.3) is 0 Å². The third-order valence-corrected chi connectivity index (χ3v) is 1.82. The van der Waals surface area contributed by atoms with E-state index < -0.39 is 0 Å². The molecule has 0 unspecified atom stereocenters. The molecule has 1 aromatic heterocycles. The number of hydrazine groups is 1. The first-order chi connectivity index (χ1) is 7.02. The second kappa shape index (κ2) is 4.95. The summed E-state index contributed by atoms with van der Waals surface area (Å²) in [5, 5.41) is 2.97. The Balaban J connectivity index is 2.93. The molecule has 0 radical (unpaired) electrons. The molecular formula is C9H13ClN4O. The van der Waals surface area contributed by atoms with Gasteiger partial charge in [0.05, 0.1) is 0 Å². The third kappa shape index (κ3) is 3.38. The first-order valence-corrected chi connectivity index (χ1v) is 4.86. The minimum atomic E-state index is -0.203. The highest BCUT2D eigenvalue weighted by atomic mass is 35.5. The van der Waals surface area contributed by atoms with Crippen LogP contribution in [0.5, 0.6) is 0 Å². The van der Waals surface area contributed by atoms with Gasteiger partial charge in [0.25, 0.3) is 5.91 Å². The Labute approximate surface area is 93.0 Å². The summed E-state index contributed by atoms with van der Waals surface area (Å²) in [4.78, 5) is 15.5. The molecule has 0 atom stereocenters. The van der Waals surface area contributed by atoms with Gasteiger partial charge in [-0.05, 0) is 26.0 Å². The van der Waals surface area contributed by atoms with Crippen molar-refractivity contribution >= 4 is 23.3 Å². The normalized spacial score (nSPS) is 10.2. The smallest absolute Gasteiger partial charge is 0.251 e. The van der Waals surface area contributed by atoms with E-state index in [1.54, 1.807) is 0 Å². The fourth-order valence-electron chi connectivity index (χ4n) is 1.05. The molecule has 15 heavy (non-hydrogen) atoms. The summed E-state index contributed by atoms with van der Waals surface area (Å²) in [5.41, 5.74) is 2.77. The van der Waals surface area contributed by atoms with E-state index in [4.69, 9.17) is 17.4 Å². The molecule has 0 saturated heterocycles. The number of pyridine rings is 1. The van der Waals surface area contributed by atoms with Crippen molar-refractivity contribution in [2.75, 3.05) is 5.43 Å². The molecule has 1 amide bonds. The van der Waals surface area contributed by atoms with Gasteiger partial charge in [-0.15, -0.1) is 0 Å². The number of nitrogens with one attached hydrogen (secondary N) is 2. The van der Waals surface area contributed by atoms with Crippen molar-refractivity contribution in [1.82, 2.24) is 10.3 Å². The maximum atomic E-state index is 11.6. The molecule has 0 aliphatic rings. The number of nitrogens with zero attached hydrogens (tertiary/aromatic N) is 1. The van der Waals surface area contributed by atoms with Crippen LogP contribution in [-0.4, -0.2) is 16.9 Å². The lowest BCUT2D eigenvalue weighted by atomic mass is 10.2. The Morgan fingerprint density at radius 1 is 1.53 bits per heavy atom. The van der Waals surface area contributed by atoms with Crippen LogP contribution >= 0.6 is 11.6 Å². The Morgan fingerprint density at radius 2 is 2.20 bits per heavy atom. The fraction of sp³-hybridized carbons (Fsp3) is 0.333. The van der Waals surface area contributed by atoms with Gasteiger partial charge in [0.1, 0.15) is 11.0 Å². The number of carbonyl (C=O) groups excluding carboxylic acids is 1. The molecule has 0 bridgehead atoms. The van der Waals surface area contributed by atoms with E-state index in [0.717, 1.165) is 0 Å². The van der Waals surface area contributed by atoms with Gasteiger partial charge in [0, 0.05) is 11.6 Å². The number of hydrogen-bond donors (Lipinski definition) is 3. The second-order valence-corrected chi connectivity index (χ2v) is 3.72. The Hall–Kier alpha value is -1.33. The molecule has 0 aliphatic carbocycles. The molecule has 0 spiro atoms. The molecule has 82 valence electrons. The topological polar surface area (TPSA) is 80.0 Å². The maximum Gasteiger partial charge on any atom is 0.251 e. The van der Waals surface area contributed by atoms with E-state index in [2.05, 4.69) is 15.7 Å². The average molecular weight is 229 g/mol. The van der Waals surface area contributed by atoms with Crippen LogP contribution in [0.15, 0.2) is 12.1 Å². The summed E-state index contributed by atoms with van der Waals surface area (Å²) in [6.45, 7) is 3.76. The van der Waals surface area contributed by atoms with Crippen LogP contribution in [0.2, 0.25) is 5.15 Å². The first-order valence-electron chi connectivity index (χ1n) is 4.48. The number of hydrogen-bond acceptors (Lipinski definition) is 4. The monoisotopic (exact) mass is 228 g/mol. The van der Waals surface area contributed by atoms with E-state index in [-0.39, 0.29) is 17.1 Å². The van der Waals surface area contributed by atoms with Crippen LogP contribution in [0, 0.1) is 0 Å². The highest BCUT2D eigenvalue weighted by Gasteiger charge is 2.09. The van der Waals surface area contributed by atoms with Gasteiger partial charge in [-0.2, -0.15) is 0 Å². The molecule has 1 heterocycles. The summed E-state index contributed by atoms with van der Waals surface area (Å²) in [7, 11) is 0. The standard InChI is InChI=1S/C9H13ClN4O/c1-5(2)12-9(15)6-3-7(10)13-8(4-6)14-11/h3-5H,11H2,1-2H3,(H,12,15)(H,13,14). The average Bonchev–Trinajstić information content (AvgIpc) is 2.15.